The zero-order valence-electron chi connectivity index (χ0n) is 27.7. The number of hydrogen-bond donors (Lipinski definition) is 1. The minimum absolute atomic E-state index is 0.304. The van der Waals surface area contributed by atoms with Crippen LogP contribution in [0.5, 0.6) is 0 Å². The average Bonchev–Trinajstić information content (AvgIpc) is 3.16. The van der Waals surface area contributed by atoms with Crippen LogP contribution in [0.4, 0.5) is 0 Å². The number of dihydropyridines is 1. The van der Waals surface area contributed by atoms with Crippen molar-refractivity contribution in [3.05, 3.63) is 157 Å². The molecular formula is C45H34N4. The molecule has 0 aliphatic carbocycles. The second-order valence-corrected chi connectivity index (χ2v) is 13.0. The van der Waals surface area contributed by atoms with E-state index in [2.05, 4.69) is 140 Å². The standard InChI is InChI=1S/C45H34N4/c1-27-26-35(22-25-47-27)31-14-18-34(19-15-31)45-43-29(3)40-36-8-4-6-10-38(36)48-44(33-16-12-30(13-17-33)32-20-23-46-24-21-32)42(40)28(2)41(43)37-9-5-7-11-39(37)49-45/h4-27,47H,1-3H3. The van der Waals surface area contributed by atoms with Gasteiger partial charge in [-0.05, 0) is 101 Å². The molecule has 1 unspecified atom stereocenters. The molecule has 0 bridgehead atoms. The van der Waals surface area contributed by atoms with Crippen LogP contribution >= 0.6 is 0 Å². The molecule has 1 aliphatic rings. The van der Waals surface area contributed by atoms with E-state index in [0.29, 0.717) is 6.04 Å². The second-order valence-electron chi connectivity index (χ2n) is 13.0. The fourth-order valence-electron chi connectivity index (χ4n) is 7.64. The molecule has 0 radical (unpaired) electrons. The average molecular weight is 631 g/mol. The topological polar surface area (TPSA) is 50.7 Å². The van der Waals surface area contributed by atoms with Crippen LogP contribution in [0.1, 0.15) is 23.6 Å². The molecule has 9 rings (SSSR count). The van der Waals surface area contributed by atoms with Crippen LogP contribution in [0.25, 0.3) is 82.6 Å². The van der Waals surface area contributed by atoms with Gasteiger partial charge in [-0.1, -0.05) is 91.0 Å². The Kier molecular flexibility index (Phi) is 6.84. The van der Waals surface area contributed by atoms with Crippen LogP contribution in [0.3, 0.4) is 0 Å². The summed E-state index contributed by atoms with van der Waals surface area (Å²) < 4.78 is 0. The molecule has 1 N–H and O–H groups in total. The number of pyridine rings is 3. The summed E-state index contributed by atoms with van der Waals surface area (Å²) in [5.41, 5.74) is 13.4. The van der Waals surface area contributed by atoms with Crippen molar-refractivity contribution < 1.29 is 0 Å². The molecule has 4 heterocycles. The lowest BCUT2D eigenvalue weighted by atomic mass is 9.85. The van der Waals surface area contributed by atoms with Crippen LogP contribution in [0.15, 0.2) is 140 Å². The molecule has 8 aromatic rings. The highest BCUT2D eigenvalue weighted by Crippen LogP contribution is 2.45. The summed E-state index contributed by atoms with van der Waals surface area (Å²) in [5.74, 6) is 0. The van der Waals surface area contributed by atoms with Crippen molar-refractivity contribution in [3.63, 3.8) is 0 Å². The van der Waals surface area contributed by atoms with Gasteiger partial charge in [0.05, 0.1) is 22.4 Å². The van der Waals surface area contributed by atoms with Gasteiger partial charge in [0.1, 0.15) is 0 Å². The predicted octanol–water partition coefficient (Wildman–Crippen LogP) is 11.0. The Morgan fingerprint density at radius 1 is 0.510 bits per heavy atom. The van der Waals surface area contributed by atoms with Gasteiger partial charge < -0.3 is 5.32 Å². The summed E-state index contributed by atoms with van der Waals surface area (Å²) in [5, 5.41) is 10.5. The predicted molar refractivity (Wildman–Crippen MR) is 205 cm³/mol. The van der Waals surface area contributed by atoms with E-state index in [4.69, 9.17) is 9.97 Å². The Balaban J connectivity index is 1.34. The maximum Gasteiger partial charge on any atom is 0.0791 e. The van der Waals surface area contributed by atoms with Crippen LogP contribution in [0.2, 0.25) is 0 Å². The van der Waals surface area contributed by atoms with Gasteiger partial charge >= 0.3 is 0 Å². The second kappa shape index (κ2) is 11.5. The monoisotopic (exact) mass is 630 g/mol. The zero-order chi connectivity index (χ0) is 33.1. The van der Waals surface area contributed by atoms with Crippen molar-refractivity contribution in [1.82, 2.24) is 20.3 Å². The summed E-state index contributed by atoms with van der Waals surface area (Å²) >= 11 is 0. The van der Waals surface area contributed by atoms with E-state index in [0.717, 1.165) is 55.4 Å². The molecule has 4 heteroatoms. The number of rotatable bonds is 4. The molecule has 234 valence electrons. The molecule has 1 aliphatic heterocycles. The maximum absolute atomic E-state index is 5.38. The third-order valence-corrected chi connectivity index (χ3v) is 10.0. The third-order valence-electron chi connectivity index (χ3n) is 10.0. The van der Waals surface area contributed by atoms with E-state index < -0.39 is 0 Å². The number of nitrogens with zero attached hydrogens (tertiary/aromatic N) is 3. The molecule has 0 saturated carbocycles. The largest absolute Gasteiger partial charge is 0.385 e. The Bertz CT molecular complexity index is 2630. The Morgan fingerprint density at radius 3 is 1.51 bits per heavy atom. The summed E-state index contributed by atoms with van der Waals surface area (Å²) in [4.78, 5) is 14.9. The highest BCUT2D eigenvalue weighted by Gasteiger charge is 2.22. The van der Waals surface area contributed by atoms with Crippen molar-refractivity contribution >= 4 is 48.9 Å². The van der Waals surface area contributed by atoms with E-state index >= 15 is 0 Å². The first-order valence-corrected chi connectivity index (χ1v) is 16.9. The fourth-order valence-corrected chi connectivity index (χ4v) is 7.64. The Labute approximate surface area is 285 Å². The first-order chi connectivity index (χ1) is 24.0. The van der Waals surface area contributed by atoms with Crippen molar-refractivity contribution in [2.75, 3.05) is 0 Å². The molecular weight excluding hydrogens is 597 g/mol. The molecule has 5 aromatic carbocycles. The first-order valence-electron chi connectivity index (χ1n) is 16.9. The molecule has 0 fully saturated rings. The zero-order valence-corrected chi connectivity index (χ0v) is 27.7. The Morgan fingerprint density at radius 2 is 0.980 bits per heavy atom. The van der Waals surface area contributed by atoms with E-state index in [1.165, 1.54) is 43.8 Å². The van der Waals surface area contributed by atoms with E-state index in [-0.39, 0.29) is 0 Å². The molecule has 0 saturated heterocycles. The highest BCUT2D eigenvalue weighted by molar-refractivity contribution is 6.25. The number of aromatic nitrogens is 3. The number of hydrogen-bond acceptors (Lipinski definition) is 4. The summed E-state index contributed by atoms with van der Waals surface area (Å²) in [6.45, 7) is 6.71. The summed E-state index contributed by atoms with van der Waals surface area (Å²) in [6.07, 6.45) is 10.1. The molecule has 0 amide bonds. The SMILES string of the molecule is Cc1c2c(-c3ccc(-c4ccncc4)cc3)nc3ccccc3c2c(C)c2c(-c3ccc(C4=CC(C)NC=C4)cc3)nc3ccccc3c12. The summed E-state index contributed by atoms with van der Waals surface area (Å²) in [6, 6.07) is 39.2. The number of benzene rings is 5. The van der Waals surface area contributed by atoms with Gasteiger partial charge in [-0.3, -0.25) is 4.98 Å². The minimum Gasteiger partial charge on any atom is -0.385 e. The van der Waals surface area contributed by atoms with Gasteiger partial charge in [0.2, 0.25) is 0 Å². The smallest absolute Gasteiger partial charge is 0.0791 e. The van der Waals surface area contributed by atoms with E-state index in [1.54, 1.807) is 0 Å². The molecule has 0 spiro atoms. The lowest BCUT2D eigenvalue weighted by molar-refractivity contribution is 0.764. The van der Waals surface area contributed by atoms with Gasteiger partial charge in [-0.25, -0.2) is 9.97 Å². The number of nitrogens with one attached hydrogen (secondary N) is 1. The normalized spacial score (nSPS) is 14.4. The molecule has 49 heavy (non-hydrogen) atoms. The van der Waals surface area contributed by atoms with Gasteiger partial charge in [0.15, 0.2) is 0 Å². The van der Waals surface area contributed by atoms with Gasteiger partial charge in [0.25, 0.3) is 0 Å². The number of aryl methyl sites for hydroxylation is 2. The van der Waals surface area contributed by atoms with Crippen LogP contribution in [0, 0.1) is 13.8 Å². The van der Waals surface area contributed by atoms with E-state index in [1.807, 2.05) is 30.7 Å². The molecule has 3 aromatic heterocycles. The Hall–Kier alpha value is -6.13. The number of para-hydroxylation sites is 2. The quantitative estimate of drug-likeness (QED) is 0.155. The molecule has 4 nitrogen and oxygen atoms in total. The van der Waals surface area contributed by atoms with Crippen LogP contribution < -0.4 is 5.32 Å². The van der Waals surface area contributed by atoms with Gasteiger partial charge in [0, 0.05) is 51.1 Å². The van der Waals surface area contributed by atoms with E-state index in [9.17, 15) is 0 Å². The van der Waals surface area contributed by atoms with Crippen molar-refractivity contribution in [1.29, 1.82) is 0 Å². The van der Waals surface area contributed by atoms with Crippen molar-refractivity contribution in [2.45, 2.75) is 26.8 Å². The lowest BCUT2D eigenvalue weighted by Crippen LogP contribution is -2.20. The highest BCUT2D eigenvalue weighted by atomic mass is 14.9. The fraction of sp³-hybridized carbons (Fsp3) is 0.0889. The minimum atomic E-state index is 0.304. The molecule has 1 atom stereocenters. The lowest BCUT2D eigenvalue weighted by Gasteiger charge is -2.21. The van der Waals surface area contributed by atoms with Crippen molar-refractivity contribution in [3.8, 4) is 33.6 Å². The van der Waals surface area contributed by atoms with Crippen LogP contribution in [-0.4, -0.2) is 21.0 Å². The van der Waals surface area contributed by atoms with Crippen LogP contribution in [-0.2, 0) is 0 Å². The maximum atomic E-state index is 5.38. The number of fused-ring (bicyclic) bond motifs is 6. The van der Waals surface area contributed by atoms with Gasteiger partial charge in [-0.2, -0.15) is 0 Å². The van der Waals surface area contributed by atoms with Gasteiger partial charge in [-0.15, -0.1) is 0 Å². The third kappa shape index (κ3) is 4.79. The first kappa shape index (κ1) is 29.0. The summed E-state index contributed by atoms with van der Waals surface area (Å²) in [7, 11) is 0. The number of allylic oxidation sites excluding steroid dienone is 2. The van der Waals surface area contributed by atoms with Crippen molar-refractivity contribution in [2.24, 2.45) is 0 Å².